The van der Waals surface area contributed by atoms with Crippen molar-refractivity contribution >= 4 is 16.8 Å². The van der Waals surface area contributed by atoms with Crippen LogP contribution in [0.1, 0.15) is 28.5 Å². The SMILES string of the molecule is CCc1cccc2c1cc(C)n2C(=O)c1ccc(OC)cc1. The zero-order valence-corrected chi connectivity index (χ0v) is 13.1. The van der Waals surface area contributed by atoms with Crippen LogP contribution in [-0.2, 0) is 6.42 Å². The van der Waals surface area contributed by atoms with Gasteiger partial charge in [-0.3, -0.25) is 9.36 Å². The number of rotatable bonds is 3. The predicted octanol–water partition coefficient (Wildman–Crippen LogP) is 4.21. The second-order valence-electron chi connectivity index (χ2n) is 5.36. The largest absolute Gasteiger partial charge is 0.497 e. The van der Waals surface area contributed by atoms with Crippen LogP contribution in [0.15, 0.2) is 48.5 Å². The molecule has 3 aromatic rings. The predicted molar refractivity (Wildman–Crippen MR) is 88.8 cm³/mol. The summed E-state index contributed by atoms with van der Waals surface area (Å²) in [5.41, 5.74) is 3.85. The number of carbonyl (C=O) groups is 1. The van der Waals surface area contributed by atoms with Gasteiger partial charge in [0.05, 0.1) is 12.6 Å². The van der Waals surface area contributed by atoms with Gasteiger partial charge in [0, 0.05) is 16.6 Å². The lowest BCUT2D eigenvalue weighted by molar-refractivity contribution is 0.0963. The molecule has 0 fully saturated rings. The minimum Gasteiger partial charge on any atom is -0.497 e. The van der Waals surface area contributed by atoms with Gasteiger partial charge in [-0.05, 0) is 55.3 Å². The molecule has 3 nitrogen and oxygen atoms in total. The summed E-state index contributed by atoms with van der Waals surface area (Å²) in [5.74, 6) is 0.738. The van der Waals surface area contributed by atoms with Crippen LogP contribution < -0.4 is 4.74 Å². The second kappa shape index (κ2) is 5.68. The monoisotopic (exact) mass is 293 g/mol. The molecule has 1 heterocycles. The Morgan fingerprint density at radius 3 is 2.50 bits per heavy atom. The Morgan fingerprint density at radius 1 is 1.14 bits per heavy atom. The van der Waals surface area contributed by atoms with Gasteiger partial charge in [0.1, 0.15) is 5.75 Å². The minimum atomic E-state index is -0.0107. The van der Waals surface area contributed by atoms with Crippen LogP contribution in [0, 0.1) is 6.92 Å². The number of ether oxygens (including phenoxy) is 1. The first kappa shape index (κ1) is 14.4. The molecule has 0 spiro atoms. The van der Waals surface area contributed by atoms with Crippen LogP contribution in [0.5, 0.6) is 5.75 Å². The molecule has 0 radical (unpaired) electrons. The first-order chi connectivity index (χ1) is 10.7. The average molecular weight is 293 g/mol. The van der Waals surface area contributed by atoms with E-state index in [2.05, 4.69) is 19.1 Å². The molecule has 22 heavy (non-hydrogen) atoms. The highest BCUT2D eigenvalue weighted by atomic mass is 16.5. The molecule has 0 unspecified atom stereocenters. The maximum Gasteiger partial charge on any atom is 0.262 e. The molecule has 0 bridgehead atoms. The molecule has 0 saturated carbocycles. The molecule has 0 atom stereocenters. The minimum absolute atomic E-state index is 0.0107. The van der Waals surface area contributed by atoms with E-state index in [-0.39, 0.29) is 5.91 Å². The number of hydrogen-bond acceptors (Lipinski definition) is 2. The fourth-order valence-corrected chi connectivity index (χ4v) is 2.87. The van der Waals surface area contributed by atoms with Crippen molar-refractivity contribution in [2.45, 2.75) is 20.3 Å². The smallest absolute Gasteiger partial charge is 0.262 e. The lowest BCUT2D eigenvalue weighted by Gasteiger charge is -2.08. The Labute approximate surface area is 130 Å². The highest BCUT2D eigenvalue weighted by molar-refractivity contribution is 6.03. The summed E-state index contributed by atoms with van der Waals surface area (Å²) in [6, 6.07) is 15.4. The van der Waals surface area contributed by atoms with Gasteiger partial charge in [-0.1, -0.05) is 19.1 Å². The van der Waals surface area contributed by atoms with Crippen LogP contribution in [-0.4, -0.2) is 17.6 Å². The van der Waals surface area contributed by atoms with Crippen molar-refractivity contribution in [2.24, 2.45) is 0 Å². The number of benzene rings is 2. The number of nitrogens with zero attached hydrogens (tertiary/aromatic N) is 1. The normalized spacial score (nSPS) is 10.9. The van der Waals surface area contributed by atoms with Gasteiger partial charge in [0.25, 0.3) is 5.91 Å². The molecular formula is C19H19NO2. The third-order valence-corrected chi connectivity index (χ3v) is 4.04. The molecule has 3 heteroatoms. The summed E-state index contributed by atoms with van der Waals surface area (Å²) in [6.07, 6.45) is 0.956. The topological polar surface area (TPSA) is 31.2 Å². The molecule has 0 saturated heterocycles. The van der Waals surface area contributed by atoms with E-state index in [1.165, 1.54) is 5.56 Å². The van der Waals surface area contributed by atoms with Crippen molar-refractivity contribution in [3.8, 4) is 5.75 Å². The molecule has 0 amide bonds. The van der Waals surface area contributed by atoms with E-state index in [1.54, 1.807) is 23.8 Å². The third kappa shape index (κ3) is 2.29. The molecule has 0 aliphatic rings. The molecule has 2 aromatic carbocycles. The first-order valence-electron chi connectivity index (χ1n) is 7.44. The van der Waals surface area contributed by atoms with Crippen molar-refractivity contribution in [2.75, 3.05) is 7.11 Å². The molecule has 112 valence electrons. The van der Waals surface area contributed by atoms with E-state index in [1.807, 2.05) is 31.2 Å². The third-order valence-electron chi connectivity index (χ3n) is 4.04. The molecule has 3 rings (SSSR count). The Balaban J connectivity index is 2.12. The number of fused-ring (bicyclic) bond motifs is 1. The maximum absolute atomic E-state index is 12.9. The van der Waals surface area contributed by atoms with E-state index < -0.39 is 0 Å². The van der Waals surface area contributed by atoms with Gasteiger partial charge in [0.15, 0.2) is 0 Å². The lowest BCUT2D eigenvalue weighted by Crippen LogP contribution is -2.13. The number of hydrogen-bond donors (Lipinski definition) is 0. The van der Waals surface area contributed by atoms with Gasteiger partial charge in [0.2, 0.25) is 0 Å². The maximum atomic E-state index is 12.9. The summed E-state index contributed by atoms with van der Waals surface area (Å²) < 4.78 is 6.93. The van der Waals surface area contributed by atoms with E-state index in [0.29, 0.717) is 5.56 Å². The standard InChI is InChI=1S/C19H19NO2/c1-4-14-6-5-7-18-17(14)12-13(2)20(18)19(21)15-8-10-16(22-3)11-9-15/h5-12H,4H2,1-3H3. The van der Waals surface area contributed by atoms with Crippen LogP contribution in [0.2, 0.25) is 0 Å². The Bertz CT molecular complexity index is 829. The summed E-state index contributed by atoms with van der Waals surface area (Å²) in [5, 5.41) is 1.16. The lowest BCUT2D eigenvalue weighted by atomic mass is 10.1. The average Bonchev–Trinajstić information content (AvgIpc) is 2.90. The van der Waals surface area contributed by atoms with Gasteiger partial charge in [-0.25, -0.2) is 0 Å². The van der Waals surface area contributed by atoms with Crippen molar-refractivity contribution in [3.05, 3.63) is 65.4 Å². The molecule has 1 aromatic heterocycles. The van der Waals surface area contributed by atoms with E-state index in [9.17, 15) is 4.79 Å². The molecule has 0 aliphatic carbocycles. The van der Waals surface area contributed by atoms with Crippen LogP contribution in [0.3, 0.4) is 0 Å². The quantitative estimate of drug-likeness (QED) is 0.724. The summed E-state index contributed by atoms with van der Waals surface area (Å²) in [6.45, 7) is 4.10. The van der Waals surface area contributed by atoms with Gasteiger partial charge in [-0.2, -0.15) is 0 Å². The van der Waals surface area contributed by atoms with Gasteiger partial charge >= 0.3 is 0 Å². The fourth-order valence-electron chi connectivity index (χ4n) is 2.87. The van der Waals surface area contributed by atoms with E-state index >= 15 is 0 Å². The second-order valence-corrected chi connectivity index (χ2v) is 5.36. The van der Waals surface area contributed by atoms with Gasteiger partial charge in [-0.15, -0.1) is 0 Å². The number of methoxy groups -OCH3 is 1. The van der Waals surface area contributed by atoms with E-state index in [0.717, 1.165) is 28.8 Å². The first-order valence-corrected chi connectivity index (χ1v) is 7.44. The van der Waals surface area contributed by atoms with Crippen LogP contribution in [0.4, 0.5) is 0 Å². The zero-order chi connectivity index (χ0) is 15.7. The van der Waals surface area contributed by atoms with Crippen molar-refractivity contribution in [1.82, 2.24) is 4.57 Å². The summed E-state index contributed by atoms with van der Waals surface area (Å²) >= 11 is 0. The molecule has 0 aliphatic heterocycles. The molecule has 0 N–H and O–H groups in total. The number of carbonyl (C=O) groups excluding carboxylic acids is 1. The molecular weight excluding hydrogens is 274 g/mol. The number of aryl methyl sites for hydroxylation is 2. The Hall–Kier alpha value is -2.55. The van der Waals surface area contributed by atoms with Crippen molar-refractivity contribution in [3.63, 3.8) is 0 Å². The highest BCUT2D eigenvalue weighted by Gasteiger charge is 2.15. The Kier molecular flexibility index (Phi) is 3.72. The number of aromatic nitrogens is 1. The summed E-state index contributed by atoms with van der Waals surface area (Å²) in [7, 11) is 1.62. The van der Waals surface area contributed by atoms with Crippen LogP contribution in [0.25, 0.3) is 10.9 Å². The van der Waals surface area contributed by atoms with Crippen LogP contribution >= 0.6 is 0 Å². The van der Waals surface area contributed by atoms with Crippen molar-refractivity contribution in [1.29, 1.82) is 0 Å². The fraction of sp³-hybridized carbons (Fsp3) is 0.211. The van der Waals surface area contributed by atoms with Crippen molar-refractivity contribution < 1.29 is 9.53 Å². The Morgan fingerprint density at radius 2 is 1.86 bits per heavy atom. The zero-order valence-electron chi connectivity index (χ0n) is 13.1. The summed E-state index contributed by atoms with van der Waals surface area (Å²) in [4.78, 5) is 12.9. The van der Waals surface area contributed by atoms with Gasteiger partial charge < -0.3 is 4.74 Å². The highest BCUT2D eigenvalue weighted by Crippen LogP contribution is 2.25. The van der Waals surface area contributed by atoms with E-state index in [4.69, 9.17) is 4.74 Å².